The van der Waals surface area contributed by atoms with Crippen LogP contribution in [0.1, 0.15) is 42.9 Å². The van der Waals surface area contributed by atoms with E-state index in [-0.39, 0.29) is 0 Å². The highest BCUT2D eigenvalue weighted by atomic mass is 15.3. The Balaban J connectivity index is 1.83. The molecule has 2 aliphatic carbocycles. The number of hydrogen-bond acceptors (Lipinski definition) is 3. The Morgan fingerprint density at radius 2 is 2.12 bits per heavy atom. The number of nitrogen functional groups attached to an aromatic ring is 1. The van der Waals surface area contributed by atoms with Gasteiger partial charge in [0, 0.05) is 17.3 Å². The molecule has 2 aromatic rings. The van der Waals surface area contributed by atoms with Gasteiger partial charge in [0.05, 0.1) is 6.20 Å². The maximum atomic E-state index is 6.05. The van der Waals surface area contributed by atoms with Crippen molar-refractivity contribution in [2.75, 3.05) is 5.73 Å². The van der Waals surface area contributed by atoms with Gasteiger partial charge in [-0.25, -0.2) is 4.98 Å². The molecule has 4 rings (SSSR count). The molecule has 0 spiro atoms. The summed E-state index contributed by atoms with van der Waals surface area (Å²) in [6, 6.07) is 1.98. The van der Waals surface area contributed by atoms with Crippen molar-refractivity contribution in [3.8, 4) is 0 Å². The molecule has 4 heteroatoms. The van der Waals surface area contributed by atoms with Gasteiger partial charge in [-0.2, -0.15) is 9.61 Å². The molecule has 0 aliphatic heterocycles. The summed E-state index contributed by atoms with van der Waals surface area (Å²) < 4.78 is 1.78. The largest absolute Gasteiger partial charge is 0.384 e. The summed E-state index contributed by atoms with van der Waals surface area (Å²) in [4.78, 5) is 4.76. The molecule has 0 atom stereocenters. The van der Waals surface area contributed by atoms with Crippen LogP contribution in [0.5, 0.6) is 0 Å². The van der Waals surface area contributed by atoms with Gasteiger partial charge in [0.25, 0.3) is 0 Å². The van der Waals surface area contributed by atoms with Crippen LogP contribution in [0.4, 0.5) is 5.82 Å². The van der Waals surface area contributed by atoms with E-state index < -0.39 is 0 Å². The summed E-state index contributed by atoms with van der Waals surface area (Å²) in [6.45, 7) is 0. The topological polar surface area (TPSA) is 56.2 Å². The second-order valence-corrected chi connectivity index (χ2v) is 5.43. The summed E-state index contributed by atoms with van der Waals surface area (Å²) >= 11 is 0. The molecule has 0 radical (unpaired) electrons. The van der Waals surface area contributed by atoms with Crippen molar-refractivity contribution in [1.29, 1.82) is 0 Å². The summed E-state index contributed by atoms with van der Waals surface area (Å²) in [6.07, 6.45) is 8.27. The number of nitrogens with zero attached hydrogens (tertiary/aromatic N) is 3. The maximum Gasteiger partial charge on any atom is 0.161 e. The number of rotatable bonds is 3. The van der Waals surface area contributed by atoms with Crippen LogP contribution in [0.3, 0.4) is 0 Å². The van der Waals surface area contributed by atoms with Gasteiger partial charge in [0.15, 0.2) is 5.65 Å². The van der Waals surface area contributed by atoms with Crippen LogP contribution in [-0.4, -0.2) is 14.6 Å². The highest BCUT2D eigenvalue weighted by molar-refractivity contribution is 5.55. The first kappa shape index (κ1) is 9.45. The second-order valence-electron chi connectivity index (χ2n) is 5.43. The third kappa shape index (κ3) is 1.59. The van der Waals surface area contributed by atoms with Gasteiger partial charge in [0.2, 0.25) is 0 Å². The number of fused-ring (bicyclic) bond motifs is 1. The van der Waals surface area contributed by atoms with E-state index in [0.717, 1.165) is 29.5 Å². The normalized spacial score (nSPS) is 20.0. The van der Waals surface area contributed by atoms with E-state index >= 15 is 0 Å². The lowest BCUT2D eigenvalue weighted by atomic mass is 10.2. The molecule has 0 aromatic carbocycles. The van der Waals surface area contributed by atoms with E-state index in [9.17, 15) is 0 Å². The van der Waals surface area contributed by atoms with Crippen LogP contribution in [0, 0.1) is 5.92 Å². The summed E-state index contributed by atoms with van der Waals surface area (Å²) in [5, 5.41) is 4.34. The SMILES string of the molecule is Nc1cc(CC2CC2)nc2c(C3CC3)cnn12. The van der Waals surface area contributed by atoms with Crippen molar-refractivity contribution >= 4 is 11.5 Å². The number of nitrogens with two attached hydrogens (primary N) is 1. The average Bonchev–Trinajstić information content (AvgIpc) is 3.20. The molecule has 2 N–H and O–H groups in total. The molecule has 17 heavy (non-hydrogen) atoms. The lowest BCUT2D eigenvalue weighted by Crippen LogP contribution is -2.04. The fourth-order valence-electron chi connectivity index (χ4n) is 2.46. The van der Waals surface area contributed by atoms with Crippen LogP contribution >= 0.6 is 0 Å². The van der Waals surface area contributed by atoms with Crippen molar-refractivity contribution in [2.45, 2.75) is 38.0 Å². The molecular formula is C13H16N4. The molecule has 2 aromatic heterocycles. The fourth-order valence-corrected chi connectivity index (χ4v) is 2.46. The molecule has 0 amide bonds. The third-order valence-electron chi connectivity index (χ3n) is 3.79. The Hall–Kier alpha value is -1.58. The highest BCUT2D eigenvalue weighted by Gasteiger charge is 2.28. The van der Waals surface area contributed by atoms with Crippen molar-refractivity contribution in [2.24, 2.45) is 5.92 Å². The molecule has 2 aliphatic rings. The predicted molar refractivity (Wildman–Crippen MR) is 65.8 cm³/mol. The zero-order valence-corrected chi connectivity index (χ0v) is 9.76. The van der Waals surface area contributed by atoms with Crippen molar-refractivity contribution < 1.29 is 0 Å². The zero-order chi connectivity index (χ0) is 11.4. The molecule has 0 saturated heterocycles. The third-order valence-corrected chi connectivity index (χ3v) is 3.79. The summed E-state index contributed by atoms with van der Waals surface area (Å²) in [5.41, 5.74) is 9.46. The second kappa shape index (κ2) is 3.22. The Labute approximate surface area is 99.8 Å². The standard InChI is InChI=1S/C13H16N4/c14-12-6-10(5-8-1-2-8)16-13-11(9-3-4-9)7-15-17(12)13/h6-9H,1-5,14H2. The monoisotopic (exact) mass is 228 g/mol. The number of hydrogen-bond donors (Lipinski definition) is 1. The molecule has 2 fully saturated rings. The van der Waals surface area contributed by atoms with Gasteiger partial charge in [0.1, 0.15) is 5.82 Å². The first-order valence-corrected chi connectivity index (χ1v) is 6.44. The van der Waals surface area contributed by atoms with Crippen LogP contribution < -0.4 is 5.73 Å². The van der Waals surface area contributed by atoms with Crippen molar-refractivity contribution in [3.63, 3.8) is 0 Å². The molecule has 0 unspecified atom stereocenters. The van der Waals surface area contributed by atoms with E-state index in [2.05, 4.69) is 5.10 Å². The first-order valence-electron chi connectivity index (χ1n) is 6.44. The molecule has 0 bridgehead atoms. The van der Waals surface area contributed by atoms with Crippen LogP contribution in [0.2, 0.25) is 0 Å². The zero-order valence-electron chi connectivity index (χ0n) is 9.76. The molecule has 2 saturated carbocycles. The van der Waals surface area contributed by atoms with Gasteiger partial charge < -0.3 is 5.73 Å². The summed E-state index contributed by atoms with van der Waals surface area (Å²) in [5.74, 6) is 2.24. The minimum Gasteiger partial charge on any atom is -0.384 e. The molecule has 4 nitrogen and oxygen atoms in total. The highest BCUT2D eigenvalue weighted by Crippen LogP contribution is 2.42. The Kier molecular flexibility index (Phi) is 1.79. The van der Waals surface area contributed by atoms with Gasteiger partial charge in [-0.1, -0.05) is 0 Å². The van der Waals surface area contributed by atoms with E-state index in [0.29, 0.717) is 5.92 Å². The Bertz CT molecular complexity index is 578. The molecule has 2 heterocycles. The minimum atomic E-state index is 0.676. The van der Waals surface area contributed by atoms with Crippen molar-refractivity contribution in [3.05, 3.63) is 23.5 Å². The lowest BCUT2D eigenvalue weighted by Gasteiger charge is -2.04. The van der Waals surface area contributed by atoms with Crippen LogP contribution in [0.15, 0.2) is 12.3 Å². The number of aromatic nitrogens is 3. The Morgan fingerprint density at radius 1 is 1.29 bits per heavy atom. The minimum absolute atomic E-state index is 0.676. The molecule has 88 valence electrons. The predicted octanol–water partition coefficient (Wildman–Crippen LogP) is 2.14. The lowest BCUT2D eigenvalue weighted by molar-refractivity contribution is 0.797. The van der Waals surface area contributed by atoms with E-state index in [1.165, 1.54) is 31.2 Å². The summed E-state index contributed by atoms with van der Waals surface area (Å²) in [7, 11) is 0. The van der Waals surface area contributed by atoms with Crippen molar-refractivity contribution in [1.82, 2.24) is 14.6 Å². The van der Waals surface area contributed by atoms with E-state index in [1.807, 2.05) is 12.3 Å². The quantitative estimate of drug-likeness (QED) is 0.875. The van der Waals surface area contributed by atoms with Crippen LogP contribution in [-0.2, 0) is 6.42 Å². The Morgan fingerprint density at radius 3 is 2.82 bits per heavy atom. The smallest absolute Gasteiger partial charge is 0.161 e. The first-order chi connectivity index (χ1) is 8.31. The van der Waals surface area contributed by atoms with E-state index in [4.69, 9.17) is 10.7 Å². The molecular weight excluding hydrogens is 212 g/mol. The van der Waals surface area contributed by atoms with E-state index in [1.54, 1.807) is 4.52 Å². The maximum absolute atomic E-state index is 6.05. The number of anilines is 1. The average molecular weight is 228 g/mol. The van der Waals surface area contributed by atoms with Gasteiger partial charge in [-0.3, -0.25) is 0 Å². The van der Waals surface area contributed by atoms with Gasteiger partial charge in [-0.05, 0) is 43.9 Å². The van der Waals surface area contributed by atoms with Crippen LogP contribution in [0.25, 0.3) is 5.65 Å². The van der Waals surface area contributed by atoms with Gasteiger partial charge in [-0.15, -0.1) is 0 Å². The van der Waals surface area contributed by atoms with Gasteiger partial charge >= 0.3 is 0 Å². The fraction of sp³-hybridized carbons (Fsp3) is 0.538.